The maximum absolute atomic E-state index is 13.0. The first-order valence-corrected chi connectivity index (χ1v) is 6.10. The van der Waals surface area contributed by atoms with Crippen LogP contribution in [-0.4, -0.2) is 46.1 Å². The highest BCUT2D eigenvalue weighted by atomic mass is 19.4. The number of amides is 1. The molecule has 0 aliphatic carbocycles. The van der Waals surface area contributed by atoms with E-state index in [4.69, 9.17) is 4.74 Å². The Kier molecular flexibility index (Phi) is 4.10. The topological polar surface area (TPSA) is 49.8 Å². The van der Waals surface area contributed by atoms with Crippen molar-refractivity contribution in [1.82, 2.24) is 4.90 Å². The molecule has 0 spiro atoms. The third-order valence-corrected chi connectivity index (χ3v) is 2.91. The minimum absolute atomic E-state index is 0.0961. The van der Waals surface area contributed by atoms with Gasteiger partial charge in [0.25, 0.3) is 0 Å². The lowest BCUT2D eigenvalue weighted by Gasteiger charge is -2.43. The number of ether oxygens (including phenoxy) is 1. The molecule has 1 N–H and O–H groups in total. The lowest BCUT2D eigenvalue weighted by atomic mass is 9.88. The molecule has 1 rings (SSSR count). The predicted octanol–water partition coefficient (Wildman–Crippen LogP) is 2.70. The summed E-state index contributed by atoms with van der Waals surface area (Å²) in [6, 6.07) is -2.01. The van der Waals surface area contributed by atoms with Crippen molar-refractivity contribution in [2.45, 2.75) is 64.0 Å². The van der Waals surface area contributed by atoms with E-state index in [9.17, 15) is 23.1 Å². The third-order valence-electron chi connectivity index (χ3n) is 2.91. The number of alkyl halides is 3. The van der Waals surface area contributed by atoms with Crippen LogP contribution in [0.2, 0.25) is 0 Å². The van der Waals surface area contributed by atoms with E-state index < -0.39 is 35.9 Å². The highest BCUT2D eigenvalue weighted by Gasteiger charge is 2.52. The molecule has 0 radical (unpaired) electrons. The molecule has 0 bridgehead atoms. The van der Waals surface area contributed by atoms with Crippen LogP contribution in [0.4, 0.5) is 18.0 Å². The number of hydrogen-bond acceptors (Lipinski definition) is 3. The molecule has 19 heavy (non-hydrogen) atoms. The number of likely N-dealkylation sites (tertiary alicyclic amines) is 1. The second-order valence-corrected chi connectivity index (χ2v) is 6.18. The van der Waals surface area contributed by atoms with E-state index in [0.717, 1.165) is 0 Å². The smallest absolute Gasteiger partial charge is 0.410 e. The fraction of sp³-hybridized carbons (Fsp3) is 0.917. The van der Waals surface area contributed by atoms with Gasteiger partial charge in [0.15, 0.2) is 0 Å². The van der Waals surface area contributed by atoms with Crippen molar-refractivity contribution in [3.63, 3.8) is 0 Å². The standard InChI is InChI=1S/C12H20F3NO3/c1-10(2,3)19-9(17)16-6-5-11(4,18)7-8(16)12(13,14)15/h8,18H,5-7H2,1-4H3. The number of carbonyl (C=O) groups is 1. The quantitative estimate of drug-likeness (QED) is 0.743. The molecule has 2 unspecified atom stereocenters. The average Bonchev–Trinajstić information content (AvgIpc) is 2.11. The molecule has 1 fully saturated rings. The molecule has 0 saturated carbocycles. The molecule has 0 aromatic heterocycles. The molecule has 0 aromatic rings. The van der Waals surface area contributed by atoms with E-state index in [1.165, 1.54) is 6.92 Å². The van der Waals surface area contributed by atoms with Crippen molar-refractivity contribution in [1.29, 1.82) is 0 Å². The summed E-state index contributed by atoms with van der Waals surface area (Å²) in [5, 5.41) is 9.76. The molecule has 112 valence electrons. The van der Waals surface area contributed by atoms with Crippen molar-refractivity contribution in [3.8, 4) is 0 Å². The van der Waals surface area contributed by atoms with Crippen LogP contribution in [0.3, 0.4) is 0 Å². The van der Waals surface area contributed by atoms with Gasteiger partial charge in [-0.3, -0.25) is 4.90 Å². The molecule has 1 heterocycles. The molecule has 2 atom stereocenters. The normalized spacial score (nSPS) is 29.3. The summed E-state index contributed by atoms with van der Waals surface area (Å²) in [4.78, 5) is 12.5. The van der Waals surface area contributed by atoms with Gasteiger partial charge in [-0.25, -0.2) is 4.79 Å². The zero-order chi connectivity index (χ0) is 15.1. The van der Waals surface area contributed by atoms with Crippen molar-refractivity contribution in [2.75, 3.05) is 6.54 Å². The predicted molar refractivity (Wildman–Crippen MR) is 62.6 cm³/mol. The monoisotopic (exact) mass is 283 g/mol. The van der Waals surface area contributed by atoms with E-state index in [1.54, 1.807) is 20.8 Å². The maximum atomic E-state index is 13.0. The number of halogens is 3. The Bertz CT molecular complexity index is 347. The van der Waals surface area contributed by atoms with Crippen molar-refractivity contribution < 1.29 is 27.8 Å². The highest BCUT2D eigenvalue weighted by Crippen LogP contribution is 2.36. The Labute approximate surface area is 110 Å². The number of carbonyl (C=O) groups excluding carboxylic acids is 1. The van der Waals surface area contributed by atoms with Gasteiger partial charge in [-0.05, 0) is 34.1 Å². The minimum atomic E-state index is -4.58. The van der Waals surface area contributed by atoms with Gasteiger partial charge in [0.2, 0.25) is 0 Å². The summed E-state index contributed by atoms with van der Waals surface area (Å²) in [6.07, 6.45) is -6.01. The Morgan fingerprint density at radius 1 is 1.37 bits per heavy atom. The van der Waals surface area contributed by atoms with Gasteiger partial charge in [0, 0.05) is 13.0 Å². The van der Waals surface area contributed by atoms with Crippen LogP contribution >= 0.6 is 0 Å². The third kappa shape index (κ3) is 4.56. The van der Waals surface area contributed by atoms with Crippen molar-refractivity contribution in [2.24, 2.45) is 0 Å². The summed E-state index contributed by atoms with van der Waals surface area (Å²) >= 11 is 0. The van der Waals surface area contributed by atoms with Gasteiger partial charge < -0.3 is 9.84 Å². The molecular formula is C12H20F3NO3. The Balaban J connectivity index is 2.89. The zero-order valence-corrected chi connectivity index (χ0v) is 11.5. The molecule has 1 aliphatic rings. The molecule has 4 nitrogen and oxygen atoms in total. The van der Waals surface area contributed by atoms with E-state index in [0.29, 0.717) is 4.90 Å². The lowest BCUT2D eigenvalue weighted by molar-refractivity contribution is -0.205. The second-order valence-electron chi connectivity index (χ2n) is 6.18. The SMILES string of the molecule is CC1(O)CCN(C(=O)OC(C)(C)C)C(C(F)(F)F)C1. The Morgan fingerprint density at radius 2 is 1.89 bits per heavy atom. The first-order chi connectivity index (χ1) is 8.32. The first-order valence-electron chi connectivity index (χ1n) is 6.10. The molecule has 1 amide bonds. The number of piperidine rings is 1. The largest absolute Gasteiger partial charge is 0.444 e. The second kappa shape index (κ2) is 4.85. The zero-order valence-electron chi connectivity index (χ0n) is 11.5. The number of aliphatic hydroxyl groups is 1. The summed E-state index contributed by atoms with van der Waals surface area (Å²) < 4.78 is 43.9. The van der Waals surface area contributed by atoms with Gasteiger partial charge in [-0.2, -0.15) is 13.2 Å². The van der Waals surface area contributed by atoms with Crippen LogP contribution in [-0.2, 0) is 4.74 Å². The van der Waals surface area contributed by atoms with E-state index in [1.807, 2.05) is 0 Å². The van der Waals surface area contributed by atoms with Gasteiger partial charge in [-0.1, -0.05) is 0 Å². The molecule has 1 aliphatic heterocycles. The maximum Gasteiger partial charge on any atom is 0.410 e. The van der Waals surface area contributed by atoms with Gasteiger partial charge in [0.05, 0.1) is 5.60 Å². The molecule has 0 aromatic carbocycles. The fourth-order valence-corrected chi connectivity index (χ4v) is 1.98. The Morgan fingerprint density at radius 3 is 2.32 bits per heavy atom. The fourth-order valence-electron chi connectivity index (χ4n) is 1.98. The minimum Gasteiger partial charge on any atom is -0.444 e. The first kappa shape index (κ1) is 16.1. The number of hydrogen-bond donors (Lipinski definition) is 1. The van der Waals surface area contributed by atoms with Crippen LogP contribution in [0, 0.1) is 0 Å². The lowest BCUT2D eigenvalue weighted by Crippen LogP contribution is -2.58. The Hall–Kier alpha value is -0.980. The molecular weight excluding hydrogens is 263 g/mol. The van der Waals surface area contributed by atoms with E-state index >= 15 is 0 Å². The average molecular weight is 283 g/mol. The number of rotatable bonds is 0. The highest BCUT2D eigenvalue weighted by molar-refractivity contribution is 5.69. The summed E-state index contributed by atoms with van der Waals surface area (Å²) in [5.74, 6) is 0. The summed E-state index contributed by atoms with van der Waals surface area (Å²) in [7, 11) is 0. The van der Waals surface area contributed by atoms with Crippen LogP contribution in [0.25, 0.3) is 0 Å². The van der Waals surface area contributed by atoms with Gasteiger partial charge in [-0.15, -0.1) is 0 Å². The molecule has 1 saturated heterocycles. The van der Waals surface area contributed by atoms with Crippen molar-refractivity contribution >= 4 is 6.09 Å². The number of nitrogens with zero attached hydrogens (tertiary/aromatic N) is 1. The van der Waals surface area contributed by atoms with Crippen molar-refractivity contribution in [3.05, 3.63) is 0 Å². The van der Waals surface area contributed by atoms with E-state index in [-0.39, 0.29) is 13.0 Å². The van der Waals surface area contributed by atoms with Crippen LogP contribution in [0.1, 0.15) is 40.5 Å². The van der Waals surface area contributed by atoms with Crippen LogP contribution in [0.5, 0.6) is 0 Å². The van der Waals surface area contributed by atoms with Crippen LogP contribution < -0.4 is 0 Å². The molecule has 7 heteroatoms. The van der Waals surface area contributed by atoms with Gasteiger partial charge in [0.1, 0.15) is 11.6 Å². The summed E-state index contributed by atoms with van der Waals surface area (Å²) in [6.45, 7) is 5.94. The van der Waals surface area contributed by atoms with Crippen LogP contribution in [0.15, 0.2) is 0 Å². The van der Waals surface area contributed by atoms with E-state index in [2.05, 4.69) is 0 Å². The summed E-state index contributed by atoms with van der Waals surface area (Å²) in [5.41, 5.74) is -2.27. The van der Waals surface area contributed by atoms with Gasteiger partial charge >= 0.3 is 12.3 Å².